The third-order valence-electron chi connectivity index (χ3n) is 4.29. The van der Waals surface area contributed by atoms with Crippen molar-refractivity contribution in [3.05, 3.63) is 53.8 Å². The molecule has 0 fully saturated rings. The van der Waals surface area contributed by atoms with Crippen LogP contribution in [-0.4, -0.2) is 33.0 Å². The molecule has 0 aliphatic heterocycles. The summed E-state index contributed by atoms with van der Waals surface area (Å²) in [7, 11) is 1.86. The van der Waals surface area contributed by atoms with E-state index in [-0.39, 0.29) is 5.91 Å². The van der Waals surface area contributed by atoms with Gasteiger partial charge >= 0.3 is 0 Å². The van der Waals surface area contributed by atoms with E-state index in [4.69, 9.17) is 4.42 Å². The zero-order valence-electron chi connectivity index (χ0n) is 15.8. The minimum absolute atomic E-state index is 0.0126. The number of aromatic nitrogens is 3. The topological polar surface area (TPSA) is 73.0 Å². The van der Waals surface area contributed by atoms with E-state index in [0.29, 0.717) is 35.0 Å². The van der Waals surface area contributed by atoms with Crippen molar-refractivity contribution >= 4 is 17.7 Å². The fourth-order valence-electron chi connectivity index (χ4n) is 2.66. The Balaban J connectivity index is 1.44. The maximum absolute atomic E-state index is 12.1. The van der Waals surface area contributed by atoms with E-state index in [1.807, 2.05) is 17.7 Å². The standard InChI is InChI=1S/C20H24N4O2S/c1-14(2)16-8-6-15(7-9-16)10-11-21-18(25)13-27-20-23-22-19(24(20)3)17-5-4-12-26-17/h4-9,12,14H,10-11,13H2,1-3H3,(H,21,25). The summed E-state index contributed by atoms with van der Waals surface area (Å²) < 4.78 is 7.17. The highest BCUT2D eigenvalue weighted by Crippen LogP contribution is 2.22. The number of amides is 1. The van der Waals surface area contributed by atoms with Crippen LogP contribution in [0.1, 0.15) is 30.9 Å². The van der Waals surface area contributed by atoms with Crippen LogP contribution in [0.2, 0.25) is 0 Å². The highest BCUT2D eigenvalue weighted by Gasteiger charge is 2.14. The van der Waals surface area contributed by atoms with Crippen LogP contribution in [0.15, 0.2) is 52.2 Å². The highest BCUT2D eigenvalue weighted by molar-refractivity contribution is 7.99. The zero-order chi connectivity index (χ0) is 19.2. The quantitative estimate of drug-likeness (QED) is 0.600. The van der Waals surface area contributed by atoms with Gasteiger partial charge in [0.25, 0.3) is 0 Å². The average Bonchev–Trinajstić information content (AvgIpc) is 3.30. The Hall–Kier alpha value is -2.54. The number of benzene rings is 1. The molecular weight excluding hydrogens is 360 g/mol. The van der Waals surface area contributed by atoms with Crippen LogP contribution < -0.4 is 5.32 Å². The van der Waals surface area contributed by atoms with Gasteiger partial charge in [-0.1, -0.05) is 49.9 Å². The summed E-state index contributed by atoms with van der Waals surface area (Å²) in [5, 5.41) is 11.9. The lowest BCUT2D eigenvalue weighted by molar-refractivity contribution is -0.118. The maximum Gasteiger partial charge on any atom is 0.230 e. The summed E-state index contributed by atoms with van der Waals surface area (Å²) in [6, 6.07) is 12.2. The highest BCUT2D eigenvalue weighted by atomic mass is 32.2. The lowest BCUT2D eigenvalue weighted by atomic mass is 10.0. The van der Waals surface area contributed by atoms with Crippen LogP contribution in [0, 0.1) is 0 Å². The first kappa shape index (κ1) is 19.2. The number of furan rings is 1. The third-order valence-corrected chi connectivity index (χ3v) is 5.31. The first-order chi connectivity index (χ1) is 13.0. The Kier molecular flexibility index (Phi) is 6.34. The fourth-order valence-corrected chi connectivity index (χ4v) is 3.40. The van der Waals surface area contributed by atoms with Crippen molar-refractivity contribution in [2.75, 3.05) is 12.3 Å². The first-order valence-corrected chi connectivity index (χ1v) is 9.94. The Morgan fingerprint density at radius 1 is 1.22 bits per heavy atom. The van der Waals surface area contributed by atoms with Gasteiger partial charge in [0.2, 0.25) is 5.91 Å². The minimum atomic E-state index is -0.0126. The Morgan fingerprint density at radius 3 is 2.67 bits per heavy atom. The Morgan fingerprint density at radius 2 is 2.00 bits per heavy atom. The number of thioether (sulfide) groups is 1. The second kappa shape index (κ2) is 8.90. The van der Waals surface area contributed by atoms with Crippen molar-refractivity contribution in [2.45, 2.75) is 31.3 Å². The van der Waals surface area contributed by atoms with Gasteiger partial charge in [0.15, 0.2) is 16.7 Å². The van der Waals surface area contributed by atoms with Gasteiger partial charge in [-0.15, -0.1) is 10.2 Å². The molecule has 0 aliphatic rings. The van der Waals surface area contributed by atoms with Crippen molar-refractivity contribution < 1.29 is 9.21 Å². The minimum Gasteiger partial charge on any atom is -0.461 e. The van der Waals surface area contributed by atoms with Gasteiger partial charge in [0.1, 0.15) is 0 Å². The molecule has 0 saturated carbocycles. The number of nitrogens with one attached hydrogen (secondary N) is 1. The molecule has 0 radical (unpaired) electrons. The molecule has 0 atom stereocenters. The summed E-state index contributed by atoms with van der Waals surface area (Å²) in [5.41, 5.74) is 2.56. The molecule has 0 bridgehead atoms. The summed E-state index contributed by atoms with van der Waals surface area (Å²) in [6.45, 7) is 4.99. The molecule has 7 heteroatoms. The molecule has 142 valence electrons. The lowest BCUT2D eigenvalue weighted by Crippen LogP contribution is -2.27. The van der Waals surface area contributed by atoms with Crippen LogP contribution in [-0.2, 0) is 18.3 Å². The third kappa shape index (κ3) is 5.01. The predicted molar refractivity (Wildman–Crippen MR) is 107 cm³/mol. The van der Waals surface area contributed by atoms with E-state index in [0.717, 1.165) is 6.42 Å². The van der Waals surface area contributed by atoms with Crippen LogP contribution in [0.3, 0.4) is 0 Å². The van der Waals surface area contributed by atoms with Gasteiger partial charge in [-0.05, 0) is 35.6 Å². The smallest absolute Gasteiger partial charge is 0.230 e. The zero-order valence-corrected chi connectivity index (χ0v) is 16.6. The van der Waals surface area contributed by atoms with Gasteiger partial charge < -0.3 is 14.3 Å². The molecule has 1 aromatic carbocycles. The number of carbonyl (C=O) groups is 1. The van der Waals surface area contributed by atoms with Crippen LogP contribution in [0.5, 0.6) is 0 Å². The molecule has 6 nitrogen and oxygen atoms in total. The molecule has 3 aromatic rings. The number of nitrogens with zero attached hydrogens (tertiary/aromatic N) is 3. The summed E-state index contributed by atoms with van der Waals surface area (Å²) in [4.78, 5) is 12.1. The van der Waals surface area contributed by atoms with Gasteiger partial charge in [-0.2, -0.15) is 0 Å². The molecule has 3 rings (SSSR count). The van der Waals surface area contributed by atoms with Crippen molar-refractivity contribution in [3.63, 3.8) is 0 Å². The molecule has 0 spiro atoms. The van der Waals surface area contributed by atoms with Crippen LogP contribution in [0.25, 0.3) is 11.6 Å². The van der Waals surface area contributed by atoms with E-state index >= 15 is 0 Å². The molecule has 0 unspecified atom stereocenters. The molecule has 0 saturated heterocycles. The monoisotopic (exact) mass is 384 g/mol. The fraction of sp³-hybridized carbons (Fsp3) is 0.350. The Bertz CT molecular complexity index is 870. The van der Waals surface area contributed by atoms with Crippen molar-refractivity contribution in [1.29, 1.82) is 0 Å². The predicted octanol–water partition coefficient (Wildman–Crippen LogP) is 3.65. The Labute approximate surface area is 163 Å². The number of hydrogen-bond acceptors (Lipinski definition) is 5. The second-order valence-corrected chi connectivity index (χ2v) is 7.57. The van der Waals surface area contributed by atoms with Crippen molar-refractivity contribution in [3.8, 4) is 11.6 Å². The summed E-state index contributed by atoms with van der Waals surface area (Å²) in [5.74, 6) is 2.12. The molecule has 1 N–H and O–H groups in total. The van der Waals surface area contributed by atoms with Crippen LogP contribution in [0.4, 0.5) is 0 Å². The van der Waals surface area contributed by atoms with Crippen LogP contribution >= 0.6 is 11.8 Å². The molecule has 2 heterocycles. The summed E-state index contributed by atoms with van der Waals surface area (Å²) in [6.07, 6.45) is 2.42. The summed E-state index contributed by atoms with van der Waals surface area (Å²) >= 11 is 1.36. The van der Waals surface area contributed by atoms with E-state index in [9.17, 15) is 4.79 Å². The number of rotatable bonds is 8. The average molecular weight is 385 g/mol. The van der Waals surface area contributed by atoms with Gasteiger partial charge in [0.05, 0.1) is 12.0 Å². The van der Waals surface area contributed by atoms with Gasteiger partial charge in [-0.25, -0.2) is 0 Å². The number of hydrogen-bond donors (Lipinski definition) is 1. The van der Waals surface area contributed by atoms with Crippen molar-refractivity contribution in [2.24, 2.45) is 7.05 Å². The van der Waals surface area contributed by atoms with Gasteiger partial charge in [0, 0.05) is 13.6 Å². The van der Waals surface area contributed by atoms with E-state index < -0.39 is 0 Å². The van der Waals surface area contributed by atoms with E-state index in [1.165, 1.54) is 22.9 Å². The first-order valence-electron chi connectivity index (χ1n) is 8.96. The lowest BCUT2D eigenvalue weighted by Gasteiger charge is -2.08. The molecule has 2 aromatic heterocycles. The molecular formula is C20H24N4O2S. The largest absolute Gasteiger partial charge is 0.461 e. The van der Waals surface area contributed by atoms with Crippen molar-refractivity contribution in [1.82, 2.24) is 20.1 Å². The molecule has 0 aliphatic carbocycles. The molecule has 27 heavy (non-hydrogen) atoms. The number of carbonyl (C=O) groups excluding carboxylic acids is 1. The van der Waals surface area contributed by atoms with E-state index in [2.05, 4.69) is 53.6 Å². The SMILES string of the molecule is CC(C)c1ccc(CCNC(=O)CSc2nnc(-c3ccco3)n2C)cc1. The second-order valence-electron chi connectivity index (χ2n) is 6.63. The molecule has 1 amide bonds. The normalized spacial score (nSPS) is 11.1. The maximum atomic E-state index is 12.1. The van der Waals surface area contributed by atoms with E-state index in [1.54, 1.807) is 12.3 Å². The van der Waals surface area contributed by atoms with Gasteiger partial charge in [-0.3, -0.25) is 4.79 Å².